The van der Waals surface area contributed by atoms with Crippen LogP contribution in [0, 0.1) is 5.82 Å². The van der Waals surface area contributed by atoms with E-state index in [1.54, 1.807) is 11.8 Å². The molecule has 88 valence electrons. The zero-order chi connectivity index (χ0) is 11.8. The minimum Gasteiger partial charge on any atom is -0.390 e. The van der Waals surface area contributed by atoms with E-state index in [2.05, 4.69) is 9.97 Å². The Morgan fingerprint density at radius 2 is 2.12 bits per heavy atom. The first-order chi connectivity index (χ1) is 7.48. The van der Waals surface area contributed by atoms with E-state index < -0.39 is 11.4 Å². The van der Waals surface area contributed by atoms with E-state index in [0.717, 1.165) is 6.20 Å². The van der Waals surface area contributed by atoms with Crippen LogP contribution in [-0.4, -0.2) is 33.8 Å². The molecule has 1 aliphatic heterocycles. The fourth-order valence-electron chi connectivity index (χ4n) is 1.76. The van der Waals surface area contributed by atoms with Gasteiger partial charge in [0.1, 0.15) is 0 Å². The van der Waals surface area contributed by atoms with Gasteiger partial charge in [-0.25, -0.2) is 9.37 Å². The maximum Gasteiger partial charge on any atom is 0.224 e. The van der Waals surface area contributed by atoms with Crippen LogP contribution >= 0.6 is 11.6 Å². The van der Waals surface area contributed by atoms with Crippen LogP contribution in [0.2, 0.25) is 5.28 Å². The minimum absolute atomic E-state index is 0.0359. The van der Waals surface area contributed by atoms with Gasteiger partial charge in [0.05, 0.1) is 11.8 Å². The number of piperidine rings is 1. The van der Waals surface area contributed by atoms with Crippen LogP contribution in [0.1, 0.15) is 19.8 Å². The summed E-state index contributed by atoms with van der Waals surface area (Å²) >= 11 is 5.63. The quantitative estimate of drug-likeness (QED) is 0.764. The molecule has 1 aromatic heterocycles. The van der Waals surface area contributed by atoms with Crippen molar-refractivity contribution in [1.82, 2.24) is 9.97 Å². The van der Waals surface area contributed by atoms with E-state index in [1.165, 1.54) is 0 Å². The second-order valence-corrected chi connectivity index (χ2v) is 4.63. The molecular formula is C10H13ClFN3O. The summed E-state index contributed by atoms with van der Waals surface area (Å²) in [6, 6.07) is 0. The lowest BCUT2D eigenvalue weighted by molar-refractivity contribution is 0.0349. The summed E-state index contributed by atoms with van der Waals surface area (Å²) in [7, 11) is 0. The van der Waals surface area contributed by atoms with Gasteiger partial charge in [-0.2, -0.15) is 4.98 Å². The summed E-state index contributed by atoms with van der Waals surface area (Å²) in [6.45, 7) is 2.92. The van der Waals surface area contributed by atoms with Crippen molar-refractivity contribution in [2.24, 2.45) is 0 Å². The molecule has 0 saturated carbocycles. The Morgan fingerprint density at radius 3 is 2.75 bits per heavy atom. The molecule has 16 heavy (non-hydrogen) atoms. The highest BCUT2D eigenvalue weighted by molar-refractivity contribution is 6.28. The smallest absolute Gasteiger partial charge is 0.224 e. The maximum absolute atomic E-state index is 13.5. The van der Waals surface area contributed by atoms with E-state index in [1.807, 2.05) is 0 Å². The molecule has 0 spiro atoms. The summed E-state index contributed by atoms with van der Waals surface area (Å²) in [5.41, 5.74) is -0.663. The average molecular weight is 246 g/mol. The number of rotatable bonds is 1. The summed E-state index contributed by atoms with van der Waals surface area (Å²) in [4.78, 5) is 9.21. The van der Waals surface area contributed by atoms with Gasteiger partial charge in [0.2, 0.25) is 5.28 Å². The van der Waals surface area contributed by atoms with Crippen molar-refractivity contribution in [2.75, 3.05) is 18.0 Å². The Hall–Kier alpha value is -0.940. The van der Waals surface area contributed by atoms with E-state index in [9.17, 15) is 9.50 Å². The number of aliphatic hydroxyl groups is 1. The summed E-state index contributed by atoms with van der Waals surface area (Å²) in [6.07, 6.45) is 2.25. The van der Waals surface area contributed by atoms with Gasteiger partial charge in [-0.05, 0) is 31.4 Å². The fraction of sp³-hybridized carbons (Fsp3) is 0.600. The Morgan fingerprint density at radius 1 is 1.50 bits per heavy atom. The number of halogens is 2. The van der Waals surface area contributed by atoms with Crippen molar-refractivity contribution in [2.45, 2.75) is 25.4 Å². The van der Waals surface area contributed by atoms with Crippen molar-refractivity contribution >= 4 is 17.4 Å². The average Bonchev–Trinajstić information content (AvgIpc) is 2.22. The molecule has 1 fully saturated rings. The topological polar surface area (TPSA) is 49.2 Å². The molecule has 0 amide bonds. The molecule has 1 N–H and O–H groups in total. The highest BCUT2D eigenvalue weighted by Gasteiger charge is 2.29. The normalized spacial score (nSPS) is 19.9. The van der Waals surface area contributed by atoms with Gasteiger partial charge in [0, 0.05) is 13.1 Å². The predicted molar refractivity (Wildman–Crippen MR) is 59.1 cm³/mol. The second kappa shape index (κ2) is 4.14. The number of hydrogen-bond acceptors (Lipinski definition) is 4. The van der Waals surface area contributed by atoms with Crippen LogP contribution in [0.5, 0.6) is 0 Å². The van der Waals surface area contributed by atoms with E-state index in [-0.39, 0.29) is 11.1 Å². The molecule has 0 unspecified atom stereocenters. The van der Waals surface area contributed by atoms with Crippen molar-refractivity contribution in [3.63, 3.8) is 0 Å². The number of hydrogen-bond donors (Lipinski definition) is 1. The molecule has 4 nitrogen and oxygen atoms in total. The van der Waals surface area contributed by atoms with Gasteiger partial charge in [-0.3, -0.25) is 0 Å². The fourth-order valence-corrected chi connectivity index (χ4v) is 1.89. The second-order valence-electron chi connectivity index (χ2n) is 4.29. The molecule has 1 aliphatic rings. The summed E-state index contributed by atoms with van der Waals surface area (Å²) in [5.74, 6) is -0.263. The molecule has 1 saturated heterocycles. The minimum atomic E-state index is -0.663. The van der Waals surface area contributed by atoms with Crippen LogP contribution in [0.15, 0.2) is 6.20 Å². The van der Waals surface area contributed by atoms with Gasteiger partial charge in [0.15, 0.2) is 11.6 Å². The zero-order valence-electron chi connectivity index (χ0n) is 8.95. The SMILES string of the molecule is CC1(O)CCN(c2nc(Cl)ncc2F)CC1. The van der Waals surface area contributed by atoms with E-state index in [4.69, 9.17) is 11.6 Å². The van der Waals surface area contributed by atoms with Crippen molar-refractivity contribution in [3.8, 4) is 0 Å². The molecule has 0 aromatic carbocycles. The monoisotopic (exact) mass is 245 g/mol. The highest BCUT2D eigenvalue weighted by Crippen LogP contribution is 2.26. The van der Waals surface area contributed by atoms with Crippen molar-refractivity contribution in [1.29, 1.82) is 0 Å². The highest BCUT2D eigenvalue weighted by atomic mass is 35.5. The lowest BCUT2D eigenvalue weighted by Gasteiger charge is -2.36. The first-order valence-corrected chi connectivity index (χ1v) is 5.51. The van der Waals surface area contributed by atoms with Crippen LogP contribution in [-0.2, 0) is 0 Å². The van der Waals surface area contributed by atoms with Gasteiger partial charge < -0.3 is 10.0 Å². The molecule has 2 heterocycles. The van der Waals surface area contributed by atoms with Gasteiger partial charge >= 0.3 is 0 Å². The van der Waals surface area contributed by atoms with Crippen LogP contribution in [0.4, 0.5) is 10.2 Å². The number of aromatic nitrogens is 2. The molecule has 2 rings (SSSR count). The Bertz CT molecular complexity index is 390. The van der Waals surface area contributed by atoms with E-state index >= 15 is 0 Å². The zero-order valence-corrected chi connectivity index (χ0v) is 9.71. The van der Waals surface area contributed by atoms with E-state index in [0.29, 0.717) is 25.9 Å². The van der Waals surface area contributed by atoms with Crippen molar-refractivity contribution < 1.29 is 9.50 Å². The first-order valence-electron chi connectivity index (χ1n) is 5.13. The first kappa shape index (κ1) is 11.5. The molecule has 1 aromatic rings. The van der Waals surface area contributed by atoms with Gasteiger partial charge in [-0.15, -0.1) is 0 Å². The lowest BCUT2D eigenvalue weighted by atomic mass is 9.94. The third-order valence-corrected chi connectivity index (χ3v) is 3.02. The number of nitrogens with zero attached hydrogens (tertiary/aromatic N) is 3. The van der Waals surface area contributed by atoms with Gasteiger partial charge in [-0.1, -0.05) is 0 Å². The third kappa shape index (κ3) is 2.41. The van der Waals surface area contributed by atoms with Gasteiger partial charge in [0.25, 0.3) is 0 Å². The number of anilines is 1. The standard InChI is InChI=1S/C10H13ClFN3O/c1-10(16)2-4-15(5-3-10)8-7(12)6-13-9(11)14-8/h6,16H,2-5H2,1H3. The Balaban J connectivity index is 2.17. The summed E-state index contributed by atoms with van der Waals surface area (Å²) in [5, 5.41) is 9.82. The lowest BCUT2D eigenvalue weighted by Crippen LogP contribution is -2.43. The Labute approximate surface area is 98.1 Å². The molecule has 0 atom stereocenters. The third-order valence-electron chi connectivity index (χ3n) is 2.84. The van der Waals surface area contributed by atoms with Crippen LogP contribution in [0.25, 0.3) is 0 Å². The molecule has 6 heteroatoms. The molecule has 0 bridgehead atoms. The molecular weight excluding hydrogens is 233 g/mol. The molecule has 0 radical (unpaired) electrons. The maximum atomic E-state index is 13.5. The van der Waals surface area contributed by atoms with Crippen LogP contribution < -0.4 is 4.90 Å². The largest absolute Gasteiger partial charge is 0.390 e. The van der Waals surface area contributed by atoms with Crippen molar-refractivity contribution in [3.05, 3.63) is 17.3 Å². The Kier molecular flexibility index (Phi) is 2.99. The van der Waals surface area contributed by atoms with Crippen LogP contribution in [0.3, 0.4) is 0 Å². The molecule has 0 aliphatic carbocycles. The summed E-state index contributed by atoms with van der Waals surface area (Å²) < 4.78 is 13.5. The predicted octanol–water partition coefficient (Wildman–Crippen LogP) is 1.62.